The molecule has 0 aromatic heterocycles. The lowest BCUT2D eigenvalue weighted by molar-refractivity contribution is -0.122. The van der Waals surface area contributed by atoms with Crippen LogP contribution in [0.25, 0.3) is 0 Å². The van der Waals surface area contributed by atoms with Gasteiger partial charge in [-0.15, -0.1) is 11.8 Å². The summed E-state index contributed by atoms with van der Waals surface area (Å²) in [5.74, 6) is 0.983. The molecule has 1 atom stereocenters. The fraction of sp³-hybridized carbons (Fsp3) is 0.500. The van der Waals surface area contributed by atoms with E-state index in [4.69, 9.17) is 14.6 Å². The van der Waals surface area contributed by atoms with Gasteiger partial charge in [-0.2, -0.15) is 0 Å². The van der Waals surface area contributed by atoms with Crippen LogP contribution in [0.5, 0.6) is 0 Å². The van der Waals surface area contributed by atoms with E-state index in [0.29, 0.717) is 0 Å². The van der Waals surface area contributed by atoms with Gasteiger partial charge in [0, 0.05) is 18.7 Å². The van der Waals surface area contributed by atoms with Gasteiger partial charge in [0.25, 0.3) is 6.47 Å². The van der Waals surface area contributed by atoms with Gasteiger partial charge in [-0.1, -0.05) is 30.3 Å². The minimum atomic E-state index is -0.429. The van der Waals surface area contributed by atoms with E-state index >= 15 is 0 Å². The smallest absolute Gasteiger partial charge is 0.411 e. The largest absolute Gasteiger partial charge is 0.483 e. The molecule has 1 N–H and O–H groups in total. The summed E-state index contributed by atoms with van der Waals surface area (Å²) in [7, 11) is 0. The molecule has 1 aliphatic heterocycles. The Hall–Kier alpha value is -1.69. The zero-order chi connectivity index (χ0) is 16.6. The molecular weight excluding hydrogens is 302 g/mol. The van der Waals surface area contributed by atoms with Gasteiger partial charge >= 0.3 is 6.09 Å². The first-order valence-electron chi connectivity index (χ1n) is 7.10. The Kier molecular flexibility index (Phi) is 7.24. The normalized spacial score (nSPS) is 17.4. The number of carbonyl (C=O) groups excluding carboxylic acids is 1. The lowest BCUT2D eigenvalue weighted by Crippen LogP contribution is -2.40. The van der Waals surface area contributed by atoms with E-state index in [1.54, 1.807) is 0 Å². The Balaban J connectivity index is 0.000000745. The second-order valence-electron chi connectivity index (χ2n) is 5.79. The van der Waals surface area contributed by atoms with E-state index in [2.05, 4.69) is 12.1 Å². The fourth-order valence-corrected chi connectivity index (χ4v) is 3.29. The van der Waals surface area contributed by atoms with Crippen LogP contribution in [0.1, 0.15) is 26.3 Å². The highest BCUT2D eigenvalue weighted by Gasteiger charge is 2.32. The third-order valence-electron chi connectivity index (χ3n) is 2.87. The average Bonchev–Trinajstić information content (AvgIpc) is 2.87. The second-order valence-corrected chi connectivity index (χ2v) is 7.08. The fourth-order valence-electron chi connectivity index (χ4n) is 2.04. The molecule has 1 aromatic rings. The van der Waals surface area contributed by atoms with Crippen molar-refractivity contribution >= 4 is 24.3 Å². The van der Waals surface area contributed by atoms with Gasteiger partial charge < -0.3 is 9.84 Å². The number of amides is 1. The van der Waals surface area contributed by atoms with Crippen LogP contribution in [0.15, 0.2) is 30.3 Å². The number of nitrogens with zero attached hydrogens (tertiary/aromatic N) is 1. The highest BCUT2D eigenvalue weighted by molar-refractivity contribution is 8.00. The Morgan fingerprint density at radius 2 is 2.00 bits per heavy atom. The van der Waals surface area contributed by atoms with Crippen LogP contribution in [0.3, 0.4) is 0 Å². The molecule has 5 nitrogen and oxygen atoms in total. The lowest BCUT2D eigenvalue weighted by Gasteiger charge is -2.28. The molecule has 1 aromatic carbocycles. The van der Waals surface area contributed by atoms with Gasteiger partial charge in [0.1, 0.15) is 5.60 Å². The van der Waals surface area contributed by atoms with Crippen LogP contribution < -0.4 is 0 Å². The number of hydrogen-bond acceptors (Lipinski definition) is 4. The van der Waals surface area contributed by atoms with Gasteiger partial charge in [0.05, 0.1) is 5.37 Å². The number of benzene rings is 1. The summed E-state index contributed by atoms with van der Waals surface area (Å²) in [5, 5.41) is 7.08. The first kappa shape index (κ1) is 18.4. The van der Waals surface area contributed by atoms with E-state index < -0.39 is 5.60 Å². The standard InChI is InChI=1S/C15H21NO2S.CH2O2/c1-15(2,3)18-14(17)16-9-10-19-13(16)11-12-7-5-4-6-8-12;2-1-3/h4-8,13H,9-11H2,1-3H3;1H,(H,2,3). The molecule has 1 amide bonds. The quantitative estimate of drug-likeness (QED) is 0.846. The van der Waals surface area contributed by atoms with Crippen molar-refractivity contribution in [3.63, 3.8) is 0 Å². The number of carboxylic acid groups (broad SMARTS) is 1. The van der Waals surface area contributed by atoms with Crippen LogP contribution in [0.2, 0.25) is 0 Å². The van der Waals surface area contributed by atoms with E-state index in [9.17, 15) is 4.79 Å². The van der Waals surface area contributed by atoms with Crippen LogP contribution >= 0.6 is 11.8 Å². The topological polar surface area (TPSA) is 66.8 Å². The molecule has 6 heteroatoms. The van der Waals surface area contributed by atoms with Gasteiger partial charge in [-0.3, -0.25) is 9.69 Å². The van der Waals surface area contributed by atoms with Crippen molar-refractivity contribution in [3.8, 4) is 0 Å². The Morgan fingerprint density at radius 1 is 1.41 bits per heavy atom. The second kappa shape index (κ2) is 8.68. The van der Waals surface area contributed by atoms with Crippen molar-refractivity contribution in [1.29, 1.82) is 0 Å². The van der Waals surface area contributed by atoms with E-state index in [0.717, 1.165) is 18.7 Å². The monoisotopic (exact) mass is 325 g/mol. The van der Waals surface area contributed by atoms with E-state index in [1.807, 2.05) is 55.6 Å². The lowest BCUT2D eigenvalue weighted by atomic mass is 10.1. The van der Waals surface area contributed by atoms with Gasteiger partial charge in [0.15, 0.2) is 0 Å². The third-order valence-corrected chi connectivity index (χ3v) is 4.10. The average molecular weight is 325 g/mol. The molecule has 1 fully saturated rings. The van der Waals surface area contributed by atoms with Crippen molar-refractivity contribution in [2.75, 3.05) is 12.3 Å². The first-order chi connectivity index (χ1) is 10.4. The molecule has 22 heavy (non-hydrogen) atoms. The molecule has 2 rings (SSSR count). The molecule has 1 unspecified atom stereocenters. The number of rotatable bonds is 2. The molecule has 1 aliphatic rings. The van der Waals surface area contributed by atoms with Crippen molar-refractivity contribution < 1.29 is 19.4 Å². The predicted octanol–water partition coefficient (Wildman–Crippen LogP) is 3.24. The van der Waals surface area contributed by atoms with Crippen molar-refractivity contribution in [1.82, 2.24) is 4.90 Å². The Morgan fingerprint density at radius 3 is 2.55 bits per heavy atom. The van der Waals surface area contributed by atoms with Crippen LogP contribution in [0, 0.1) is 0 Å². The molecule has 0 saturated carbocycles. The molecule has 1 heterocycles. The molecule has 0 radical (unpaired) electrons. The number of carbonyl (C=O) groups is 2. The Bertz CT molecular complexity index is 473. The van der Waals surface area contributed by atoms with Gasteiger partial charge in [0.2, 0.25) is 0 Å². The molecule has 0 aliphatic carbocycles. The summed E-state index contributed by atoms with van der Waals surface area (Å²) in [5.41, 5.74) is 0.831. The molecule has 0 spiro atoms. The zero-order valence-electron chi connectivity index (χ0n) is 13.2. The van der Waals surface area contributed by atoms with Gasteiger partial charge in [-0.25, -0.2) is 4.79 Å². The highest BCUT2D eigenvalue weighted by Crippen LogP contribution is 2.28. The maximum Gasteiger partial charge on any atom is 0.411 e. The Labute approximate surface area is 135 Å². The summed E-state index contributed by atoms with van der Waals surface area (Å²) in [6.45, 7) is 6.23. The van der Waals surface area contributed by atoms with Crippen LogP contribution in [-0.2, 0) is 16.0 Å². The van der Waals surface area contributed by atoms with Gasteiger partial charge in [-0.05, 0) is 26.3 Å². The van der Waals surface area contributed by atoms with E-state index in [-0.39, 0.29) is 17.9 Å². The number of ether oxygens (including phenoxy) is 1. The molecular formula is C16H23NO4S. The van der Waals surface area contributed by atoms with Crippen molar-refractivity contribution in [2.24, 2.45) is 0 Å². The number of hydrogen-bond donors (Lipinski definition) is 1. The molecule has 0 bridgehead atoms. The maximum atomic E-state index is 12.2. The minimum absolute atomic E-state index is 0.192. The predicted molar refractivity (Wildman–Crippen MR) is 88.0 cm³/mol. The van der Waals surface area contributed by atoms with Crippen LogP contribution in [-0.4, -0.2) is 45.8 Å². The van der Waals surface area contributed by atoms with Crippen molar-refractivity contribution in [2.45, 2.75) is 38.2 Å². The molecule has 122 valence electrons. The summed E-state index contributed by atoms with van der Waals surface area (Å²) >= 11 is 1.82. The maximum absolute atomic E-state index is 12.2. The summed E-state index contributed by atoms with van der Waals surface area (Å²) in [6, 6.07) is 10.3. The zero-order valence-corrected chi connectivity index (χ0v) is 14.0. The van der Waals surface area contributed by atoms with E-state index in [1.165, 1.54) is 5.56 Å². The van der Waals surface area contributed by atoms with Crippen molar-refractivity contribution in [3.05, 3.63) is 35.9 Å². The first-order valence-corrected chi connectivity index (χ1v) is 8.15. The highest BCUT2D eigenvalue weighted by atomic mass is 32.2. The SMILES string of the molecule is CC(C)(C)OC(=O)N1CCSC1Cc1ccccc1.O=CO. The number of thioether (sulfide) groups is 1. The molecule has 1 saturated heterocycles. The summed E-state index contributed by atoms with van der Waals surface area (Å²) in [4.78, 5) is 22.4. The summed E-state index contributed by atoms with van der Waals surface area (Å²) in [6.07, 6.45) is 0.684. The van der Waals surface area contributed by atoms with Crippen LogP contribution in [0.4, 0.5) is 4.79 Å². The summed E-state index contributed by atoms with van der Waals surface area (Å²) < 4.78 is 5.46. The third kappa shape index (κ3) is 6.39. The minimum Gasteiger partial charge on any atom is -0.483 e.